The van der Waals surface area contributed by atoms with Crippen molar-refractivity contribution in [3.63, 3.8) is 0 Å². The fraction of sp³-hybridized carbons (Fsp3) is 0.600. The van der Waals surface area contributed by atoms with Crippen molar-refractivity contribution in [3.8, 4) is 0 Å². The molecule has 4 heteroatoms. The number of hydrogen-bond donors (Lipinski definition) is 1. The van der Waals surface area contributed by atoms with Crippen molar-refractivity contribution in [2.45, 2.75) is 12.8 Å². The molecule has 1 atom stereocenters. The molecule has 0 radical (unpaired) electrons. The van der Waals surface area contributed by atoms with Crippen LogP contribution in [0.2, 0.25) is 0 Å². The van der Waals surface area contributed by atoms with Crippen molar-refractivity contribution in [1.82, 2.24) is 5.32 Å². The zero-order valence-electron chi connectivity index (χ0n) is 11.8. The monoisotopic (exact) mass is 329 g/mol. The Kier molecular flexibility index (Phi) is 9.08. The average Bonchev–Trinajstić information content (AvgIpc) is 2.41. The minimum atomic E-state index is 0.589. The summed E-state index contributed by atoms with van der Waals surface area (Å²) in [5.41, 5.74) is 1.36. The van der Waals surface area contributed by atoms with Crippen LogP contribution in [0.5, 0.6) is 0 Å². The van der Waals surface area contributed by atoms with Crippen LogP contribution in [0.4, 0.5) is 0 Å². The van der Waals surface area contributed by atoms with Gasteiger partial charge >= 0.3 is 0 Å². The van der Waals surface area contributed by atoms with Gasteiger partial charge in [0.05, 0.1) is 13.2 Å². The van der Waals surface area contributed by atoms with E-state index in [4.69, 9.17) is 9.47 Å². The van der Waals surface area contributed by atoms with Crippen LogP contribution >= 0.6 is 15.9 Å². The van der Waals surface area contributed by atoms with E-state index in [1.165, 1.54) is 10.0 Å². The van der Waals surface area contributed by atoms with Crippen molar-refractivity contribution < 1.29 is 9.47 Å². The highest BCUT2D eigenvalue weighted by molar-refractivity contribution is 9.10. The highest BCUT2D eigenvalue weighted by atomic mass is 79.9. The number of ether oxygens (including phenoxy) is 2. The van der Waals surface area contributed by atoms with Gasteiger partial charge in [0, 0.05) is 18.2 Å². The largest absolute Gasteiger partial charge is 0.382 e. The van der Waals surface area contributed by atoms with Crippen molar-refractivity contribution in [1.29, 1.82) is 0 Å². The van der Waals surface area contributed by atoms with Gasteiger partial charge in [-0.3, -0.25) is 0 Å². The molecule has 3 nitrogen and oxygen atoms in total. The molecule has 0 spiro atoms. The third kappa shape index (κ3) is 7.06. The van der Waals surface area contributed by atoms with Crippen molar-refractivity contribution >= 4 is 15.9 Å². The zero-order chi connectivity index (χ0) is 13.9. The Hall–Kier alpha value is -0.420. The fourth-order valence-electron chi connectivity index (χ4n) is 2.03. The van der Waals surface area contributed by atoms with Crippen LogP contribution in [0.25, 0.3) is 0 Å². The number of halogens is 1. The van der Waals surface area contributed by atoms with Crippen LogP contribution in [0, 0.1) is 5.92 Å². The van der Waals surface area contributed by atoms with Gasteiger partial charge in [0.1, 0.15) is 0 Å². The molecule has 0 aliphatic heterocycles. The molecule has 0 fully saturated rings. The van der Waals surface area contributed by atoms with Gasteiger partial charge in [0.2, 0.25) is 0 Å². The third-order valence-electron chi connectivity index (χ3n) is 3.06. The summed E-state index contributed by atoms with van der Waals surface area (Å²) in [5.74, 6) is 0.589. The molecule has 1 rings (SSSR count). The van der Waals surface area contributed by atoms with Gasteiger partial charge in [-0.05, 0) is 44.0 Å². The van der Waals surface area contributed by atoms with Gasteiger partial charge < -0.3 is 14.8 Å². The number of benzene rings is 1. The molecular weight excluding hydrogens is 306 g/mol. The van der Waals surface area contributed by atoms with E-state index in [0.717, 1.165) is 26.0 Å². The summed E-state index contributed by atoms with van der Waals surface area (Å²) in [6, 6.07) is 8.42. The maximum atomic E-state index is 5.55. The quantitative estimate of drug-likeness (QED) is 0.669. The van der Waals surface area contributed by atoms with Gasteiger partial charge in [0.25, 0.3) is 0 Å². The number of rotatable bonds is 10. The second-order valence-corrected chi connectivity index (χ2v) is 5.47. The summed E-state index contributed by atoms with van der Waals surface area (Å²) in [4.78, 5) is 0. The number of nitrogens with one attached hydrogen (secondary N) is 1. The van der Waals surface area contributed by atoms with E-state index in [2.05, 4.69) is 45.5 Å². The highest BCUT2D eigenvalue weighted by Gasteiger charge is 2.10. The Morgan fingerprint density at radius 1 is 1.21 bits per heavy atom. The summed E-state index contributed by atoms with van der Waals surface area (Å²) < 4.78 is 11.7. The van der Waals surface area contributed by atoms with Gasteiger partial charge in [-0.25, -0.2) is 0 Å². The van der Waals surface area contributed by atoms with Crippen molar-refractivity contribution in [2.24, 2.45) is 5.92 Å². The minimum Gasteiger partial charge on any atom is -0.382 e. The number of hydrogen-bond acceptors (Lipinski definition) is 3. The van der Waals surface area contributed by atoms with Crippen LogP contribution in [-0.2, 0) is 15.9 Å². The molecule has 0 bridgehead atoms. The lowest BCUT2D eigenvalue weighted by Gasteiger charge is -2.17. The lowest BCUT2D eigenvalue weighted by atomic mass is 9.96. The second-order valence-electron chi connectivity index (χ2n) is 4.61. The van der Waals surface area contributed by atoms with E-state index in [-0.39, 0.29) is 0 Å². The summed E-state index contributed by atoms with van der Waals surface area (Å²) in [5, 5.41) is 3.26. The Morgan fingerprint density at radius 2 is 2.00 bits per heavy atom. The first-order valence-corrected chi connectivity index (χ1v) is 7.52. The van der Waals surface area contributed by atoms with E-state index in [1.54, 1.807) is 7.11 Å². The van der Waals surface area contributed by atoms with E-state index < -0.39 is 0 Å². The van der Waals surface area contributed by atoms with Crippen LogP contribution in [0.15, 0.2) is 28.7 Å². The third-order valence-corrected chi connectivity index (χ3v) is 3.84. The second kappa shape index (κ2) is 10.4. The van der Waals surface area contributed by atoms with Crippen molar-refractivity contribution in [2.75, 3.05) is 40.5 Å². The standard InChI is InChI=1S/C15H24BrNO2/c1-17-12-13(7-8-19-10-9-18-2)11-14-5-3-4-6-15(14)16/h3-6,13,17H,7-12H2,1-2H3. The Bertz CT molecular complexity index is 347. The fourth-order valence-corrected chi connectivity index (χ4v) is 2.48. The van der Waals surface area contributed by atoms with E-state index in [9.17, 15) is 0 Å². The topological polar surface area (TPSA) is 30.5 Å². The predicted octanol–water partition coefficient (Wildman–Crippen LogP) is 2.88. The van der Waals surface area contributed by atoms with Gasteiger partial charge in [-0.15, -0.1) is 0 Å². The van der Waals surface area contributed by atoms with Gasteiger partial charge in [0.15, 0.2) is 0 Å². The molecule has 0 saturated heterocycles. The molecule has 19 heavy (non-hydrogen) atoms. The van der Waals surface area contributed by atoms with E-state index in [0.29, 0.717) is 19.1 Å². The molecule has 1 unspecified atom stereocenters. The highest BCUT2D eigenvalue weighted by Crippen LogP contribution is 2.20. The van der Waals surface area contributed by atoms with Crippen LogP contribution in [0.1, 0.15) is 12.0 Å². The minimum absolute atomic E-state index is 0.589. The smallest absolute Gasteiger partial charge is 0.0700 e. The molecule has 0 aliphatic carbocycles. The first kappa shape index (κ1) is 16.6. The maximum absolute atomic E-state index is 5.55. The predicted molar refractivity (Wildman–Crippen MR) is 82.6 cm³/mol. The molecule has 108 valence electrons. The molecule has 0 heterocycles. The Labute approximate surface area is 124 Å². The Morgan fingerprint density at radius 3 is 2.68 bits per heavy atom. The summed E-state index contributed by atoms with van der Waals surface area (Å²) in [6.45, 7) is 3.15. The summed E-state index contributed by atoms with van der Waals surface area (Å²) in [7, 11) is 3.69. The van der Waals surface area contributed by atoms with Crippen LogP contribution in [0.3, 0.4) is 0 Å². The average molecular weight is 330 g/mol. The molecular formula is C15H24BrNO2. The molecule has 0 saturated carbocycles. The molecule has 0 aliphatic rings. The first-order valence-electron chi connectivity index (χ1n) is 6.72. The SMILES string of the molecule is CNCC(CCOCCOC)Cc1ccccc1Br. The Balaban J connectivity index is 2.37. The number of methoxy groups -OCH3 is 1. The van der Waals surface area contributed by atoms with Crippen LogP contribution in [-0.4, -0.2) is 40.5 Å². The first-order chi connectivity index (χ1) is 9.27. The maximum Gasteiger partial charge on any atom is 0.0700 e. The molecule has 1 aromatic carbocycles. The van der Waals surface area contributed by atoms with Crippen LogP contribution < -0.4 is 5.32 Å². The van der Waals surface area contributed by atoms with Crippen molar-refractivity contribution in [3.05, 3.63) is 34.3 Å². The van der Waals surface area contributed by atoms with E-state index in [1.807, 2.05) is 7.05 Å². The summed E-state index contributed by atoms with van der Waals surface area (Å²) >= 11 is 3.61. The molecule has 1 N–H and O–H groups in total. The molecule has 1 aromatic rings. The summed E-state index contributed by atoms with van der Waals surface area (Å²) in [6.07, 6.45) is 2.13. The molecule has 0 aromatic heterocycles. The normalized spacial score (nSPS) is 12.6. The van der Waals surface area contributed by atoms with Gasteiger partial charge in [-0.2, -0.15) is 0 Å². The van der Waals surface area contributed by atoms with E-state index >= 15 is 0 Å². The van der Waals surface area contributed by atoms with Gasteiger partial charge in [-0.1, -0.05) is 34.1 Å². The lowest BCUT2D eigenvalue weighted by molar-refractivity contribution is 0.0637. The molecule has 0 amide bonds. The lowest BCUT2D eigenvalue weighted by Crippen LogP contribution is -2.22. The zero-order valence-corrected chi connectivity index (χ0v) is 13.4.